The van der Waals surface area contributed by atoms with Crippen LogP contribution in [-0.4, -0.2) is 31.0 Å². The molecule has 1 aliphatic rings. The zero-order chi connectivity index (χ0) is 13.0. The second kappa shape index (κ2) is 5.39. The summed E-state index contributed by atoms with van der Waals surface area (Å²) in [6, 6.07) is 6.66. The molecule has 1 aromatic carbocycles. The first kappa shape index (κ1) is 12.2. The molecule has 0 bridgehead atoms. The molecule has 2 amide bonds. The van der Waals surface area contributed by atoms with Crippen molar-refractivity contribution >= 4 is 17.5 Å². The van der Waals surface area contributed by atoms with Crippen LogP contribution in [0.25, 0.3) is 0 Å². The maximum atomic E-state index is 11.5. The highest BCUT2D eigenvalue weighted by molar-refractivity contribution is 5.82. The van der Waals surface area contributed by atoms with E-state index >= 15 is 0 Å². The number of rotatable bonds is 4. The summed E-state index contributed by atoms with van der Waals surface area (Å²) in [5, 5.41) is 5.37. The maximum absolute atomic E-state index is 11.5. The number of hydrogen-bond donors (Lipinski definition) is 3. The summed E-state index contributed by atoms with van der Waals surface area (Å²) in [6.07, 6.45) is 0.327. The summed E-state index contributed by atoms with van der Waals surface area (Å²) < 4.78 is 5.29. The Kier molecular flexibility index (Phi) is 3.66. The van der Waals surface area contributed by atoms with Gasteiger partial charge in [-0.05, 0) is 24.3 Å². The summed E-state index contributed by atoms with van der Waals surface area (Å²) in [4.78, 5) is 22.5. The lowest BCUT2D eigenvalue weighted by atomic mass is 10.2. The topological polar surface area (TPSA) is 93.4 Å². The number of amides is 2. The molecule has 1 aromatic rings. The molecule has 4 N–H and O–H groups in total. The molecule has 18 heavy (non-hydrogen) atoms. The fraction of sp³-hybridized carbons (Fsp3) is 0.333. The molecular weight excluding hydrogens is 234 g/mol. The predicted molar refractivity (Wildman–Crippen MR) is 65.9 cm³/mol. The van der Waals surface area contributed by atoms with Crippen molar-refractivity contribution in [3.8, 4) is 5.75 Å². The van der Waals surface area contributed by atoms with Crippen LogP contribution >= 0.6 is 0 Å². The van der Waals surface area contributed by atoms with Gasteiger partial charge in [-0.15, -0.1) is 0 Å². The van der Waals surface area contributed by atoms with Crippen LogP contribution in [0.3, 0.4) is 0 Å². The normalized spacial score (nSPS) is 18.2. The molecule has 1 unspecified atom stereocenters. The minimum absolute atomic E-state index is 0.0419. The number of anilines is 1. The average molecular weight is 249 g/mol. The SMILES string of the molecule is Nc1ccc(OCC(=O)NC2CNC(=O)C2)cc1. The molecule has 0 saturated carbocycles. The van der Waals surface area contributed by atoms with Crippen LogP contribution in [-0.2, 0) is 9.59 Å². The molecule has 0 aromatic heterocycles. The molecule has 1 saturated heterocycles. The molecule has 1 aliphatic heterocycles. The van der Waals surface area contributed by atoms with Crippen molar-refractivity contribution < 1.29 is 14.3 Å². The number of nitrogens with two attached hydrogens (primary N) is 1. The van der Waals surface area contributed by atoms with Crippen LogP contribution < -0.4 is 21.1 Å². The Labute approximate surface area is 104 Å². The number of nitrogens with one attached hydrogen (secondary N) is 2. The minimum atomic E-state index is -0.242. The van der Waals surface area contributed by atoms with Crippen molar-refractivity contribution in [2.24, 2.45) is 0 Å². The van der Waals surface area contributed by atoms with Crippen LogP contribution in [0.4, 0.5) is 5.69 Å². The fourth-order valence-electron chi connectivity index (χ4n) is 1.69. The van der Waals surface area contributed by atoms with E-state index in [0.29, 0.717) is 24.4 Å². The summed E-state index contributed by atoms with van der Waals surface area (Å²) in [5.41, 5.74) is 6.17. The van der Waals surface area contributed by atoms with Crippen LogP contribution in [0.2, 0.25) is 0 Å². The molecule has 1 fully saturated rings. The van der Waals surface area contributed by atoms with Gasteiger partial charge in [0.05, 0.1) is 6.04 Å². The third kappa shape index (κ3) is 3.38. The summed E-state index contributed by atoms with van der Waals surface area (Å²) in [5.74, 6) is 0.299. The van der Waals surface area contributed by atoms with Crippen molar-refractivity contribution in [2.75, 3.05) is 18.9 Å². The van der Waals surface area contributed by atoms with Crippen LogP contribution in [0.5, 0.6) is 5.75 Å². The highest BCUT2D eigenvalue weighted by Gasteiger charge is 2.22. The van der Waals surface area contributed by atoms with Crippen LogP contribution in [0.1, 0.15) is 6.42 Å². The number of carbonyl (C=O) groups excluding carboxylic acids is 2. The van der Waals surface area contributed by atoms with Gasteiger partial charge in [0.2, 0.25) is 5.91 Å². The van der Waals surface area contributed by atoms with E-state index in [2.05, 4.69) is 10.6 Å². The Morgan fingerprint density at radius 2 is 2.17 bits per heavy atom. The van der Waals surface area contributed by atoms with E-state index in [0.717, 1.165) is 0 Å². The van der Waals surface area contributed by atoms with Gasteiger partial charge < -0.3 is 21.1 Å². The minimum Gasteiger partial charge on any atom is -0.484 e. The molecule has 0 spiro atoms. The smallest absolute Gasteiger partial charge is 0.258 e. The number of hydrogen-bond acceptors (Lipinski definition) is 4. The van der Waals surface area contributed by atoms with Crippen molar-refractivity contribution in [3.63, 3.8) is 0 Å². The van der Waals surface area contributed by atoms with Crippen molar-refractivity contribution in [2.45, 2.75) is 12.5 Å². The lowest BCUT2D eigenvalue weighted by Crippen LogP contribution is -2.39. The van der Waals surface area contributed by atoms with Gasteiger partial charge in [0.25, 0.3) is 5.91 Å². The summed E-state index contributed by atoms with van der Waals surface area (Å²) >= 11 is 0. The number of carbonyl (C=O) groups is 2. The van der Waals surface area contributed by atoms with Crippen LogP contribution in [0.15, 0.2) is 24.3 Å². The summed E-state index contributed by atoms with van der Waals surface area (Å²) in [7, 11) is 0. The van der Waals surface area contributed by atoms with E-state index < -0.39 is 0 Å². The van der Waals surface area contributed by atoms with E-state index in [1.165, 1.54) is 0 Å². The molecular formula is C12H15N3O3. The molecule has 6 heteroatoms. The molecule has 1 atom stereocenters. The average Bonchev–Trinajstić information content (AvgIpc) is 2.74. The Morgan fingerprint density at radius 1 is 1.44 bits per heavy atom. The maximum Gasteiger partial charge on any atom is 0.258 e. The van der Waals surface area contributed by atoms with E-state index in [4.69, 9.17) is 10.5 Å². The van der Waals surface area contributed by atoms with Crippen molar-refractivity contribution in [3.05, 3.63) is 24.3 Å². The van der Waals surface area contributed by atoms with Gasteiger partial charge in [-0.25, -0.2) is 0 Å². The molecule has 0 aliphatic carbocycles. The van der Waals surface area contributed by atoms with Gasteiger partial charge in [-0.3, -0.25) is 9.59 Å². The Hall–Kier alpha value is -2.24. The van der Waals surface area contributed by atoms with E-state index in [1.807, 2.05) is 0 Å². The van der Waals surface area contributed by atoms with E-state index in [1.54, 1.807) is 24.3 Å². The largest absolute Gasteiger partial charge is 0.484 e. The van der Waals surface area contributed by atoms with Crippen molar-refractivity contribution in [1.29, 1.82) is 0 Å². The molecule has 96 valence electrons. The Balaban J connectivity index is 1.74. The van der Waals surface area contributed by atoms with E-state index in [-0.39, 0.29) is 24.5 Å². The third-order valence-electron chi connectivity index (χ3n) is 2.59. The van der Waals surface area contributed by atoms with Gasteiger partial charge in [0.1, 0.15) is 5.75 Å². The highest BCUT2D eigenvalue weighted by atomic mass is 16.5. The number of benzene rings is 1. The molecule has 1 heterocycles. The van der Waals surface area contributed by atoms with Gasteiger partial charge in [0, 0.05) is 18.7 Å². The van der Waals surface area contributed by atoms with E-state index in [9.17, 15) is 9.59 Å². The third-order valence-corrected chi connectivity index (χ3v) is 2.59. The Morgan fingerprint density at radius 3 is 2.78 bits per heavy atom. The first-order valence-corrected chi connectivity index (χ1v) is 5.68. The van der Waals surface area contributed by atoms with Crippen molar-refractivity contribution in [1.82, 2.24) is 10.6 Å². The standard InChI is InChI=1S/C12H15N3O3/c13-8-1-3-10(4-2-8)18-7-12(17)15-9-5-11(16)14-6-9/h1-4,9H,5-7,13H2,(H,14,16)(H,15,17). The highest BCUT2D eigenvalue weighted by Crippen LogP contribution is 2.12. The second-order valence-electron chi connectivity index (χ2n) is 4.13. The first-order chi connectivity index (χ1) is 8.63. The van der Waals surface area contributed by atoms with Gasteiger partial charge >= 0.3 is 0 Å². The molecule has 0 radical (unpaired) electrons. The monoisotopic (exact) mass is 249 g/mol. The second-order valence-corrected chi connectivity index (χ2v) is 4.13. The van der Waals surface area contributed by atoms with Gasteiger partial charge in [-0.1, -0.05) is 0 Å². The van der Waals surface area contributed by atoms with Gasteiger partial charge in [-0.2, -0.15) is 0 Å². The van der Waals surface area contributed by atoms with Gasteiger partial charge in [0.15, 0.2) is 6.61 Å². The Bertz CT molecular complexity index is 444. The first-order valence-electron chi connectivity index (χ1n) is 5.68. The predicted octanol–water partition coefficient (Wildman–Crippen LogP) is -0.348. The quantitative estimate of drug-likeness (QED) is 0.636. The van der Waals surface area contributed by atoms with Crippen LogP contribution in [0, 0.1) is 0 Å². The summed E-state index contributed by atoms with van der Waals surface area (Å²) in [6.45, 7) is 0.404. The molecule has 2 rings (SSSR count). The zero-order valence-corrected chi connectivity index (χ0v) is 9.81. The number of nitrogen functional groups attached to an aromatic ring is 1. The lowest BCUT2D eigenvalue weighted by Gasteiger charge is -2.11. The molecule has 6 nitrogen and oxygen atoms in total. The zero-order valence-electron chi connectivity index (χ0n) is 9.81. The number of ether oxygens (including phenoxy) is 1. The lowest BCUT2D eigenvalue weighted by molar-refractivity contribution is -0.123. The fourth-order valence-corrected chi connectivity index (χ4v) is 1.69.